The Morgan fingerprint density at radius 1 is 1.43 bits per heavy atom. The Labute approximate surface area is 123 Å². The van der Waals surface area contributed by atoms with Gasteiger partial charge in [0.15, 0.2) is 0 Å². The zero-order valence-electron chi connectivity index (χ0n) is 12.4. The van der Waals surface area contributed by atoms with Gasteiger partial charge in [0.05, 0.1) is 11.9 Å². The van der Waals surface area contributed by atoms with Gasteiger partial charge in [-0.25, -0.2) is 4.79 Å². The first-order chi connectivity index (χ1) is 9.81. The molecular formula is C14H21N3O4. The summed E-state index contributed by atoms with van der Waals surface area (Å²) in [6.07, 6.45) is 2.45. The highest BCUT2D eigenvalue weighted by Gasteiger charge is 2.24. The van der Waals surface area contributed by atoms with Crippen LogP contribution in [0.3, 0.4) is 0 Å². The summed E-state index contributed by atoms with van der Waals surface area (Å²) in [4.78, 5) is 27.7. The zero-order valence-corrected chi connectivity index (χ0v) is 12.4. The Balaban J connectivity index is 2.63. The number of pyridine rings is 1. The van der Waals surface area contributed by atoms with E-state index in [1.165, 1.54) is 6.20 Å². The van der Waals surface area contributed by atoms with Gasteiger partial charge < -0.3 is 20.5 Å². The highest BCUT2D eigenvalue weighted by molar-refractivity contribution is 5.96. The molecule has 7 nitrogen and oxygen atoms in total. The average Bonchev–Trinajstić information content (AvgIpc) is 2.37. The van der Waals surface area contributed by atoms with Crippen LogP contribution in [0.5, 0.6) is 0 Å². The van der Waals surface area contributed by atoms with E-state index in [2.05, 4.69) is 15.6 Å². The van der Waals surface area contributed by atoms with Crippen molar-refractivity contribution in [3.8, 4) is 0 Å². The van der Waals surface area contributed by atoms with E-state index >= 15 is 0 Å². The molecular weight excluding hydrogens is 274 g/mol. The smallest absolute Gasteiger partial charge is 0.408 e. The van der Waals surface area contributed by atoms with Crippen molar-refractivity contribution < 1.29 is 19.4 Å². The van der Waals surface area contributed by atoms with Gasteiger partial charge in [-0.15, -0.1) is 0 Å². The first kappa shape index (κ1) is 16.9. The molecule has 0 aromatic carbocycles. The second-order valence-electron chi connectivity index (χ2n) is 5.44. The highest BCUT2D eigenvalue weighted by atomic mass is 16.6. The molecule has 0 unspecified atom stereocenters. The van der Waals surface area contributed by atoms with Crippen LogP contribution in [0, 0.1) is 0 Å². The number of rotatable bonds is 5. The molecule has 3 N–H and O–H groups in total. The summed E-state index contributed by atoms with van der Waals surface area (Å²) in [7, 11) is 0. The topological polar surface area (TPSA) is 101 Å². The van der Waals surface area contributed by atoms with Crippen molar-refractivity contribution >= 4 is 17.7 Å². The monoisotopic (exact) mass is 295 g/mol. The predicted octanol–water partition coefficient (Wildman–Crippen LogP) is 1.30. The maximum atomic E-state index is 12.1. The first-order valence-corrected chi connectivity index (χ1v) is 6.63. The van der Waals surface area contributed by atoms with Crippen molar-refractivity contribution in [1.82, 2.24) is 10.3 Å². The van der Waals surface area contributed by atoms with E-state index in [1.807, 2.05) is 0 Å². The Bertz CT molecular complexity index is 471. The Morgan fingerprint density at radius 3 is 2.67 bits per heavy atom. The molecule has 7 heteroatoms. The van der Waals surface area contributed by atoms with Gasteiger partial charge in [-0.2, -0.15) is 0 Å². The Morgan fingerprint density at radius 2 is 2.14 bits per heavy atom. The fourth-order valence-electron chi connectivity index (χ4n) is 1.51. The van der Waals surface area contributed by atoms with Gasteiger partial charge in [0.25, 0.3) is 0 Å². The summed E-state index contributed by atoms with van der Waals surface area (Å²) in [5.41, 5.74) is -0.148. The lowest BCUT2D eigenvalue weighted by molar-refractivity contribution is -0.118. The molecule has 2 amide bonds. The van der Waals surface area contributed by atoms with Crippen molar-refractivity contribution in [2.24, 2.45) is 0 Å². The minimum absolute atomic E-state index is 0.0886. The number of aliphatic hydroxyl groups is 1. The average molecular weight is 295 g/mol. The van der Waals surface area contributed by atoms with Gasteiger partial charge in [0.1, 0.15) is 11.6 Å². The molecule has 1 aromatic heterocycles. The number of nitrogens with one attached hydrogen (secondary N) is 2. The van der Waals surface area contributed by atoms with Crippen molar-refractivity contribution in [3.05, 3.63) is 24.5 Å². The SMILES string of the molecule is CC(C)(C)OC(=O)N[C@@H](CCO)C(=O)Nc1cccnc1. The first-order valence-electron chi connectivity index (χ1n) is 6.63. The molecule has 0 bridgehead atoms. The second-order valence-corrected chi connectivity index (χ2v) is 5.44. The predicted molar refractivity (Wildman–Crippen MR) is 77.7 cm³/mol. The van der Waals surface area contributed by atoms with Crippen LogP contribution in [0.2, 0.25) is 0 Å². The van der Waals surface area contributed by atoms with E-state index in [4.69, 9.17) is 9.84 Å². The molecule has 21 heavy (non-hydrogen) atoms. The summed E-state index contributed by atoms with van der Waals surface area (Å²) < 4.78 is 5.09. The van der Waals surface area contributed by atoms with Crippen LogP contribution in [0.1, 0.15) is 27.2 Å². The van der Waals surface area contributed by atoms with E-state index in [-0.39, 0.29) is 13.0 Å². The van der Waals surface area contributed by atoms with Crippen LogP contribution in [0.25, 0.3) is 0 Å². The number of hydrogen-bond donors (Lipinski definition) is 3. The molecule has 0 aliphatic carbocycles. The molecule has 1 rings (SSSR count). The van der Waals surface area contributed by atoms with Gasteiger partial charge >= 0.3 is 6.09 Å². The van der Waals surface area contributed by atoms with Crippen molar-refractivity contribution in [1.29, 1.82) is 0 Å². The van der Waals surface area contributed by atoms with E-state index in [0.29, 0.717) is 5.69 Å². The minimum Gasteiger partial charge on any atom is -0.444 e. The van der Waals surface area contributed by atoms with Gasteiger partial charge in [0, 0.05) is 12.8 Å². The lowest BCUT2D eigenvalue weighted by atomic mass is 10.2. The zero-order chi connectivity index (χ0) is 15.9. The van der Waals surface area contributed by atoms with E-state index in [9.17, 15) is 9.59 Å². The van der Waals surface area contributed by atoms with Crippen molar-refractivity contribution in [2.45, 2.75) is 38.8 Å². The van der Waals surface area contributed by atoms with Crippen LogP contribution in [0.4, 0.5) is 10.5 Å². The van der Waals surface area contributed by atoms with Crippen LogP contribution >= 0.6 is 0 Å². The number of carbonyl (C=O) groups excluding carboxylic acids is 2. The fourth-order valence-corrected chi connectivity index (χ4v) is 1.51. The van der Waals surface area contributed by atoms with Crippen LogP contribution < -0.4 is 10.6 Å². The molecule has 0 spiro atoms. The molecule has 0 aliphatic rings. The van der Waals surface area contributed by atoms with Crippen LogP contribution in [-0.2, 0) is 9.53 Å². The number of nitrogens with zero attached hydrogens (tertiary/aromatic N) is 1. The molecule has 1 heterocycles. The van der Waals surface area contributed by atoms with Gasteiger partial charge in [-0.3, -0.25) is 9.78 Å². The number of amides is 2. The van der Waals surface area contributed by atoms with Gasteiger partial charge in [0.2, 0.25) is 5.91 Å². The summed E-state index contributed by atoms with van der Waals surface area (Å²) >= 11 is 0. The van der Waals surface area contributed by atoms with Crippen LogP contribution in [0.15, 0.2) is 24.5 Å². The van der Waals surface area contributed by atoms with E-state index in [1.54, 1.807) is 39.1 Å². The van der Waals surface area contributed by atoms with Gasteiger partial charge in [-0.05, 0) is 39.3 Å². The number of carbonyl (C=O) groups is 2. The highest BCUT2D eigenvalue weighted by Crippen LogP contribution is 2.08. The summed E-state index contributed by atoms with van der Waals surface area (Å²) in [5, 5.41) is 14.1. The number of aromatic nitrogens is 1. The van der Waals surface area contributed by atoms with Crippen molar-refractivity contribution in [2.75, 3.05) is 11.9 Å². The number of aliphatic hydroxyl groups excluding tert-OH is 1. The molecule has 1 atom stereocenters. The third-order valence-corrected chi connectivity index (χ3v) is 2.35. The third kappa shape index (κ3) is 6.71. The molecule has 116 valence electrons. The number of alkyl carbamates (subject to hydrolysis) is 1. The molecule has 0 radical (unpaired) electrons. The summed E-state index contributed by atoms with van der Waals surface area (Å²) in [6, 6.07) is 2.47. The number of ether oxygens (including phenoxy) is 1. The molecule has 1 aromatic rings. The maximum Gasteiger partial charge on any atom is 0.408 e. The van der Waals surface area contributed by atoms with Crippen molar-refractivity contribution in [3.63, 3.8) is 0 Å². The minimum atomic E-state index is -0.884. The summed E-state index contributed by atoms with van der Waals surface area (Å²) in [6.45, 7) is 4.94. The second kappa shape index (κ2) is 7.58. The molecule has 0 saturated carbocycles. The standard InChI is InChI=1S/C14H21N3O4/c1-14(2,3)21-13(20)17-11(6-8-18)12(19)16-10-5-4-7-15-9-10/h4-5,7,9,11,18H,6,8H2,1-3H3,(H,16,19)(H,17,20)/t11-/m0/s1. The Kier molecular flexibility index (Phi) is 6.10. The molecule has 0 aliphatic heterocycles. The summed E-state index contributed by atoms with van der Waals surface area (Å²) in [5.74, 6) is -0.442. The van der Waals surface area contributed by atoms with Crippen LogP contribution in [-0.4, -0.2) is 40.3 Å². The van der Waals surface area contributed by atoms with Gasteiger partial charge in [-0.1, -0.05) is 0 Å². The maximum absolute atomic E-state index is 12.1. The normalized spacial score (nSPS) is 12.4. The van der Waals surface area contributed by atoms with E-state index in [0.717, 1.165) is 0 Å². The largest absolute Gasteiger partial charge is 0.444 e. The van der Waals surface area contributed by atoms with E-state index < -0.39 is 23.6 Å². The molecule has 0 saturated heterocycles. The number of anilines is 1. The fraction of sp³-hybridized carbons (Fsp3) is 0.500. The Hall–Kier alpha value is -2.15. The third-order valence-electron chi connectivity index (χ3n) is 2.35. The number of hydrogen-bond acceptors (Lipinski definition) is 5. The lowest BCUT2D eigenvalue weighted by Crippen LogP contribution is -2.46. The lowest BCUT2D eigenvalue weighted by Gasteiger charge is -2.23. The quantitative estimate of drug-likeness (QED) is 0.760. The molecule has 0 fully saturated rings.